The molecular formula is C27H31Cl3O6. The summed E-state index contributed by atoms with van der Waals surface area (Å²) in [5, 5.41) is 34.4. The Labute approximate surface area is 225 Å². The molecule has 1 aromatic carbocycles. The minimum absolute atomic E-state index is 0.0364. The van der Waals surface area contributed by atoms with Crippen LogP contribution in [0.25, 0.3) is 0 Å². The molecule has 2 bridgehead atoms. The molecule has 1 spiro atoms. The molecule has 3 N–H and O–H groups in total. The van der Waals surface area contributed by atoms with Crippen molar-refractivity contribution in [2.45, 2.75) is 58.8 Å². The molecule has 1 fully saturated rings. The second kappa shape index (κ2) is 9.11. The van der Waals surface area contributed by atoms with Crippen LogP contribution in [-0.4, -0.2) is 51.5 Å². The number of rotatable bonds is 3. The number of carbonyl (C=O) groups is 2. The van der Waals surface area contributed by atoms with Crippen molar-refractivity contribution in [3.8, 4) is 0 Å². The Balaban J connectivity index is 1.90. The predicted molar refractivity (Wildman–Crippen MR) is 138 cm³/mol. The number of carbonyl (C=O) groups excluding carboxylic acids is 2. The molecule has 1 aromatic rings. The highest BCUT2D eigenvalue weighted by molar-refractivity contribution is 6.41. The van der Waals surface area contributed by atoms with E-state index >= 15 is 0 Å². The zero-order chi connectivity index (χ0) is 27.0. The summed E-state index contributed by atoms with van der Waals surface area (Å²) in [5.74, 6) is -2.21. The molecule has 196 valence electrons. The molecule has 0 saturated heterocycles. The van der Waals surface area contributed by atoms with Crippen molar-refractivity contribution in [1.29, 1.82) is 0 Å². The van der Waals surface area contributed by atoms with E-state index in [1.165, 1.54) is 12.1 Å². The van der Waals surface area contributed by atoms with E-state index in [0.717, 1.165) is 0 Å². The van der Waals surface area contributed by atoms with E-state index in [9.17, 15) is 24.9 Å². The summed E-state index contributed by atoms with van der Waals surface area (Å²) in [6.07, 6.45) is 0.757. The summed E-state index contributed by atoms with van der Waals surface area (Å²) >= 11 is 18.4. The van der Waals surface area contributed by atoms with Gasteiger partial charge in [-0.15, -0.1) is 0 Å². The fourth-order valence-electron chi connectivity index (χ4n) is 6.56. The van der Waals surface area contributed by atoms with Gasteiger partial charge < -0.3 is 20.1 Å². The second-order valence-corrected chi connectivity index (χ2v) is 12.4. The summed E-state index contributed by atoms with van der Waals surface area (Å²) in [7, 11) is 0. The van der Waals surface area contributed by atoms with Crippen LogP contribution in [0.3, 0.4) is 0 Å². The van der Waals surface area contributed by atoms with Crippen molar-refractivity contribution in [3.63, 3.8) is 0 Å². The first kappa shape index (κ1) is 27.6. The van der Waals surface area contributed by atoms with E-state index in [0.29, 0.717) is 12.0 Å². The van der Waals surface area contributed by atoms with Gasteiger partial charge in [0.2, 0.25) is 0 Å². The number of aliphatic hydroxyl groups is 3. The molecule has 0 aliphatic heterocycles. The maximum Gasteiger partial charge on any atom is 0.341 e. The lowest BCUT2D eigenvalue weighted by Crippen LogP contribution is -2.65. The molecule has 0 aromatic heterocycles. The van der Waals surface area contributed by atoms with Crippen LogP contribution < -0.4 is 0 Å². The number of halogens is 3. The van der Waals surface area contributed by atoms with Crippen LogP contribution in [0.2, 0.25) is 15.1 Å². The number of Topliss-reactive ketones (excluding diaryl/α,β-unsaturated/α-hetero) is 1. The number of hydrogen-bond acceptors (Lipinski definition) is 6. The number of fused-ring (bicyclic) bond motifs is 1. The van der Waals surface area contributed by atoms with Crippen molar-refractivity contribution in [2.24, 2.45) is 28.6 Å². The highest BCUT2D eigenvalue weighted by atomic mass is 35.5. The molecule has 9 heteroatoms. The van der Waals surface area contributed by atoms with Gasteiger partial charge in [-0.2, -0.15) is 0 Å². The lowest BCUT2D eigenvalue weighted by Gasteiger charge is -2.48. The number of esters is 1. The topological polar surface area (TPSA) is 104 Å². The quantitative estimate of drug-likeness (QED) is 0.356. The van der Waals surface area contributed by atoms with Gasteiger partial charge in [0, 0.05) is 10.9 Å². The van der Waals surface area contributed by atoms with Crippen LogP contribution in [0.15, 0.2) is 35.4 Å². The molecule has 1 saturated carbocycles. The predicted octanol–water partition coefficient (Wildman–Crippen LogP) is 5.03. The molecule has 0 radical (unpaired) electrons. The van der Waals surface area contributed by atoms with Gasteiger partial charge >= 0.3 is 5.97 Å². The average Bonchev–Trinajstić information content (AvgIpc) is 2.94. The lowest BCUT2D eigenvalue weighted by atomic mass is 9.59. The third-order valence-electron chi connectivity index (χ3n) is 8.94. The fourth-order valence-corrected chi connectivity index (χ4v) is 7.53. The minimum atomic E-state index is -2.27. The number of benzene rings is 1. The standard InChI is InChI=1S/C27H31Cl3O6/c1-12-10-26-14(3)6-13(2)25(4,5)17(22(26)33)7-15(11-31)21(32)27(26,35)23(12)36-24(34)20-18(29)8-16(28)9-19(20)30/h7-10,13-14,17,21,23,31-32,35H,6,11H2,1-5H3/t13-,14+,17+,21+,23-,26-,27-/m0/s1. The van der Waals surface area contributed by atoms with Crippen LogP contribution in [0.1, 0.15) is 51.4 Å². The van der Waals surface area contributed by atoms with Gasteiger partial charge in [0.05, 0.1) is 27.6 Å². The fraction of sp³-hybridized carbons (Fsp3) is 0.556. The molecule has 0 amide bonds. The Morgan fingerprint density at radius 2 is 1.72 bits per heavy atom. The van der Waals surface area contributed by atoms with E-state index in [-0.39, 0.29) is 37.9 Å². The highest BCUT2D eigenvalue weighted by Gasteiger charge is 2.73. The van der Waals surface area contributed by atoms with Gasteiger partial charge in [-0.05, 0) is 53.9 Å². The number of aliphatic hydroxyl groups excluding tert-OH is 2. The first-order chi connectivity index (χ1) is 16.6. The number of ether oxygens (including phenoxy) is 1. The van der Waals surface area contributed by atoms with Crippen molar-refractivity contribution < 1.29 is 29.6 Å². The summed E-state index contributed by atoms with van der Waals surface area (Å²) in [4.78, 5) is 27.7. The number of allylic oxidation sites excluding steroid dienone is 1. The van der Waals surface area contributed by atoms with Crippen molar-refractivity contribution in [3.05, 3.63) is 56.1 Å². The van der Waals surface area contributed by atoms with Gasteiger partial charge in [-0.1, -0.05) is 74.6 Å². The Morgan fingerprint density at radius 3 is 2.28 bits per heavy atom. The first-order valence-corrected chi connectivity index (χ1v) is 13.1. The van der Waals surface area contributed by atoms with E-state index in [1.807, 2.05) is 20.8 Å². The summed E-state index contributed by atoms with van der Waals surface area (Å²) < 4.78 is 5.81. The van der Waals surface area contributed by atoms with Crippen LogP contribution in [0.4, 0.5) is 0 Å². The van der Waals surface area contributed by atoms with Crippen molar-refractivity contribution >= 4 is 46.6 Å². The van der Waals surface area contributed by atoms with E-state index in [1.54, 1.807) is 19.1 Å². The zero-order valence-corrected chi connectivity index (χ0v) is 23.1. The third-order valence-corrected chi connectivity index (χ3v) is 9.76. The van der Waals surface area contributed by atoms with Crippen LogP contribution in [-0.2, 0) is 9.53 Å². The Kier molecular flexibility index (Phi) is 6.99. The molecular weight excluding hydrogens is 527 g/mol. The molecule has 36 heavy (non-hydrogen) atoms. The van der Waals surface area contributed by atoms with Crippen molar-refractivity contribution in [2.75, 3.05) is 6.61 Å². The molecule has 4 rings (SSSR count). The highest BCUT2D eigenvalue weighted by Crippen LogP contribution is 2.62. The second-order valence-electron chi connectivity index (χ2n) is 11.1. The van der Waals surface area contributed by atoms with Gasteiger partial charge in [0.25, 0.3) is 0 Å². The van der Waals surface area contributed by atoms with E-state index in [4.69, 9.17) is 39.5 Å². The first-order valence-electron chi connectivity index (χ1n) is 12.0. The minimum Gasteiger partial charge on any atom is -0.451 e. The van der Waals surface area contributed by atoms with Gasteiger partial charge in [-0.25, -0.2) is 4.79 Å². The SMILES string of the molecule is CC1=C[C@]23C(=O)[C@@H](C=C(CO)[C@@H](O)[C@]2(O)[C@H]1OC(=O)c1c(Cl)cc(Cl)cc1Cl)C(C)(C)[C@@H](C)C[C@H]3C. The van der Waals surface area contributed by atoms with Crippen LogP contribution in [0, 0.1) is 28.6 Å². The Bertz CT molecular complexity index is 1170. The lowest BCUT2D eigenvalue weighted by molar-refractivity contribution is -0.190. The normalized spacial score (nSPS) is 37.4. The number of ketones is 1. The smallest absolute Gasteiger partial charge is 0.341 e. The van der Waals surface area contributed by atoms with Crippen molar-refractivity contribution in [1.82, 2.24) is 0 Å². The summed E-state index contributed by atoms with van der Waals surface area (Å²) in [6, 6.07) is 2.69. The Hall–Kier alpha value is -1.41. The van der Waals surface area contributed by atoms with E-state index < -0.39 is 53.1 Å². The largest absolute Gasteiger partial charge is 0.451 e. The maximum atomic E-state index is 14.4. The van der Waals surface area contributed by atoms with E-state index in [2.05, 4.69) is 6.92 Å². The zero-order valence-electron chi connectivity index (χ0n) is 20.8. The monoisotopic (exact) mass is 556 g/mol. The molecule has 3 aliphatic carbocycles. The summed E-state index contributed by atoms with van der Waals surface area (Å²) in [5.41, 5.74) is -3.96. The summed E-state index contributed by atoms with van der Waals surface area (Å²) in [6.45, 7) is 8.98. The molecule has 6 nitrogen and oxygen atoms in total. The average molecular weight is 558 g/mol. The maximum absolute atomic E-state index is 14.4. The molecule has 7 atom stereocenters. The van der Waals surface area contributed by atoms with Crippen LogP contribution >= 0.6 is 34.8 Å². The van der Waals surface area contributed by atoms with Gasteiger partial charge in [0.1, 0.15) is 6.10 Å². The van der Waals surface area contributed by atoms with Crippen LogP contribution in [0.5, 0.6) is 0 Å². The Morgan fingerprint density at radius 1 is 1.14 bits per heavy atom. The van der Waals surface area contributed by atoms with Gasteiger partial charge in [-0.3, -0.25) is 4.79 Å². The number of hydrogen-bond donors (Lipinski definition) is 3. The molecule has 0 heterocycles. The van der Waals surface area contributed by atoms with Gasteiger partial charge in [0.15, 0.2) is 17.5 Å². The third kappa shape index (κ3) is 3.63. The molecule has 3 aliphatic rings. The molecule has 0 unspecified atom stereocenters.